The van der Waals surface area contributed by atoms with Crippen LogP contribution in [0.4, 0.5) is 18.9 Å². The summed E-state index contributed by atoms with van der Waals surface area (Å²) in [4.78, 5) is 14.0. The molecule has 0 spiro atoms. The summed E-state index contributed by atoms with van der Waals surface area (Å²) in [6, 6.07) is 0.829. The van der Waals surface area contributed by atoms with Gasteiger partial charge >= 0.3 is 12.3 Å². The number of halogens is 3. The second-order valence-corrected chi connectivity index (χ2v) is 3.30. The van der Waals surface area contributed by atoms with Gasteiger partial charge in [0.2, 0.25) is 5.88 Å². The standard InChI is InChI=1S/C9H10F3N3O3/c10-9(11,12)18-6-1-4(2-7(16)17)8(14)5(3-13)15-6/h1H,2-3,13-14H2,(H,16,17). The highest BCUT2D eigenvalue weighted by Gasteiger charge is 2.32. The van der Waals surface area contributed by atoms with E-state index in [1.807, 2.05) is 0 Å². The zero-order valence-corrected chi connectivity index (χ0v) is 8.99. The smallest absolute Gasteiger partial charge is 0.481 e. The van der Waals surface area contributed by atoms with Gasteiger partial charge in [-0.05, 0) is 5.56 Å². The fraction of sp³-hybridized carbons (Fsp3) is 0.333. The van der Waals surface area contributed by atoms with Crippen LogP contribution in [0.3, 0.4) is 0 Å². The molecule has 1 aromatic heterocycles. The maximum Gasteiger partial charge on any atom is 0.574 e. The van der Waals surface area contributed by atoms with Crippen LogP contribution in [-0.4, -0.2) is 22.4 Å². The molecular weight excluding hydrogens is 255 g/mol. The van der Waals surface area contributed by atoms with Gasteiger partial charge in [-0.25, -0.2) is 4.98 Å². The van der Waals surface area contributed by atoms with Crippen LogP contribution in [-0.2, 0) is 17.8 Å². The molecule has 0 amide bonds. The van der Waals surface area contributed by atoms with E-state index >= 15 is 0 Å². The van der Waals surface area contributed by atoms with Crippen molar-refractivity contribution >= 4 is 11.7 Å². The van der Waals surface area contributed by atoms with Crippen LogP contribution in [0.25, 0.3) is 0 Å². The number of hydrogen-bond donors (Lipinski definition) is 3. The number of nitrogen functional groups attached to an aromatic ring is 1. The van der Waals surface area contributed by atoms with Crippen molar-refractivity contribution in [2.24, 2.45) is 5.73 Å². The largest absolute Gasteiger partial charge is 0.574 e. The van der Waals surface area contributed by atoms with Gasteiger partial charge in [0.15, 0.2) is 0 Å². The van der Waals surface area contributed by atoms with E-state index in [1.165, 1.54) is 0 Å². The van der Waals surface area contributed by atoms with Gasteiger partial charge in [0.05, 0.1) is 17.8 Å². The summed E-state index contributed by atoms with van der Waals surface area (Å²) >= 11 is 0. The lowest BCUT2D eigenvalue weighted by Gasteiger charge is -2.13. The SMILES string of the molecule is NCc1nc(OC(F)(F)F)cc(CC(=O)O)c1N. The molecule has 1 aromatic rings. The quantitative estimate of drug-likeness (QED) is 0.736. The van der Waals surface area contributed by atoms with Crippen molar-refractivity contribution in [3.05, 3.63) is 17.3 Å². The average Bonchev–Trinajstić information content (AvgIpc) is 2.19. The number of pyridine rings is 1. The van der Waals surface area contributed by atoms with Crippen molar-refractivity contribution < 1.29 is 27.8 Å². The number of anilines is 1. The van der Waals surface area contributed by atoms with Gasteiger partial charge in [0.1, 0.15) is 0 Å². The zero-order valence-electron chi connectivity index (χ0n) is 8.99. The molecule has 0 saturated heterocycles. The van der Waals surface area contributed by atoms with Gasteiger partial charge in [-0.3, -0.25) is 4.79 Å². The van der Waals surface area contributed by atoms with E-state index in [4.69, 9.17) is 16.6 Å². The number of nitrogens with two attached hydrogens (primary N) is 2. The average molecular weight is 265 g/mol. The van der Waals surface area contributed by atoms with Crippen molar-refractivity contribution in [2.45, 2.75) is 19.3 Å². The van der Waals surface area contributed by atoms with Crippen molar-refractivity contribution in [3.63, 3.8) is 0 Å². The van der Waals surface area contributed by atoms with E-state index < -0.39 is 24.6 Å². The number of nitrogens with zero attached hydrogens (tertiary/aromatic N) is 1. The molecule has 0 aliphatic rings. The number of hydrogen-bond acceptors (Lipinski definition) is 5. The summed E-state index contributed by atoms with van der Waals surface area (Å²) in [5.41, 5.74) is 10.7. The summed E-state index contributed by atoms with van der Waals surface area (Å²) in [7, 11) is 0. The lowest BCUT2D eigenvalue weighted by atomic mass is 10.1. The predicted octanol–water partition coefficient (Wildman–Crippen LogP) is 0.648. The van der Waals surface area contributed by atoms with Gasteiger partial charge in [-0.1, -0.05) is 0 Å². The van der Waals surface area contributed by atoms with Crippen molar-refractivity contribution in [1.82, 2.24) is 4.98 Å². The molecular formula is C9H10F3N3O3. The second kappa shape index (κ2) is 5.08. The maximum absolute atomic E-state index is 12.0. The van der Waals surface area contributed by atoms with Crippen LogP contribution in [0.1, 0.15) is 11.3 Å². The number of alkyl halides is 3. The number of rotatable bonds is 4. The number of carboxylic acid groups (broad SMARTS) is 1. The fourth-order valence-electron chi connectivity index (χ4n) is 1.27. The Labute approximate surface area is 99.4 Å². The van der Waals surface area contributed by atoms with E-state index in [9.17, 15) is 18.0 Å². The highest BCUT2D eigenvalue weighted by Crippen LogP contribution is 2.26. The molecule has 1 heterocycles. The third-order valence-corrected chi connectivity index (χ3v) is 1.96. The van der Waals surface area contributed by atoms with Crippen LogP contribution in [0.5, 0.6) is 5.88 Å². The topological polar surface area (TPSA) is 111 Å². The third kappa shape index (κ3) is 3.77. The summed E-state index contributed by atoms with van der Waals surface area (Å²) in [5.74, 6) is -2.03. The molecule has 0 radical (unpaired) electrons. The molecule has 0 saturated carbocycles. The van der Waals surface area contributed by atoms with Gasteiger partial charge in [-0.15, -0.1) is 13.2 Å². The van der Waals surface area contributed by atoms with Crippen LogP contribution in [0, 0.1) is 0 Å². The molecule has 9 heteroatoms. The molecule has 5 N–H and O–H groups in total. The van der Waals surface area contributed by atoms with E-state index in [2.05, 4.69) is 9.72 Å². The van der Waals surface area contributed by atoms with E-state index in [0.717, 1.165) is 6.07 Å². The maximum atomic E-state index is 12.0. The number of carbonyl (C=O) groups is 1. The van der Waals surface area contributed by atoms with Crippen molar-refractivity contribution in [3.8, 4) is 5.88 Å². The second-order valence-electron chi connectivity index (χ2n) is 3.30. The summed E-state index contributed by atoms with van der Waals surface area (Å²) < 4.78 is 39.7. The highest BCUT2D eigenvalue weighted by atomic mass is 19.4. The minimum absolute atomic E-state index is 0.0304. The summed E-state index contributed by atoms with van der Waals surface area (Å²) in [5, 5.41) is 8.61. The first-order valence-electron chi connectivity index (χ1n) is 4.69. The van der Waals surface area contributed by atoms with Crippen LogP contribution < -0.4 is 16.2 Å². The Kier molecular flexibility index (Phi) is 3.96. The first kappa shape index (κ1) is 14.0. The molecule has 0 unspecified atom stereocenters. The molecule has 0 aliphatic carbocycles. The molecule has 18 heavy (non-hydrogen) atoms. The molecule has 0 aromatic carbocycles. The summed E-state index contributed by atoms with van der Waals surface area (Å²) in [6.07, 6.45) is -5.47. The van der Waals surface area contributed by atoms with E-state index in [1.54, 1.807) is 0 Å². The lowest BCUT2D eigenvalue weighted by molar-refractivity contribution is -0.276. The Morgan fingerprint density at radius 2 is 2.11 bits per heavy atom. The van der Waals surface area contributed by atoms with Gasteiger partial charge in [-0.2, -0.15) is 0 Å². The number of aliphatic carboxylic acids is 1. The Bertz CT molecular complexity index is 462. The predicted molar refractivity (Wildman–Crippen MR) is 54.6 cm³/mol. The van der Waals surface area contributed by atoms with Gasteiger partial charge in [0.25, 0.3) is 0 Å². The minimum atomic E-state index is -4.92. The molecule has 0 atom stereocenters. The molecule has 0 bridgehead atoms. The zero-order chi connectivity index (χ0) is 13.9. The van der Waals surface area contributed by atoms with Crippen LogP contribution in [0.2, 0.25) is 0 Å². The number of ether oxygens (including phenoxy) is 1. The normalized spacial score (nSPS) is 11.3. The van der Waals surface area contributed by atoms with Gasteiger partial charge in [0, 0.05) is 12.6 Å². The first-order valence-corrected chi connectivity index (χ1v) is 4.69. The minimum Gasteiger partial charge on any atom is -0.481 e. The molecule has 0 fully saturated rings. The van der Waals surface area contributed by atoms with Gasteiger partial charge < -0.3 is 21.3 Å². The van der Waals surface area contributed by atoms with E-state index in [-0.39, 0.29) is 23.5 Å². The van der Waals surface area contributed by atoms with E-state index in [0.29, 0.717) is 0 Å². The lowest BCUT2D eigenvalue weighted by Crippen LogP contribution is -2.20. The highest BCUT2D eigenvalue weighted by molar-refractivity contribution is 5.73. The fourth-order valence-corrected chi connectivity index (χ4v) is 1.27. The number of aromatic nitrogens is 1. The third-order valence-electron chi connectivity index (χ3n) is 1.96. The Balaban J connectivity index is 3.17. The molecule has 100 valence electrons. The summed E-state index contributed by atoms with van der Waals surface area (Å²) in [6.45, 7) is -0.229. The molecule has 0 aliphatic heterocycles. The monoisotopic (exact) mass is 265 g/mol. The van der Waals surface area contributed by atoms with Crippen molar-refractivity contribution in [2.75, 3.05) is 5.73 Å². The first-order chi connectivity index (χ1) is 8.23. The van der Waals surface area contributed by atoms with Crippen molar-refractivity contribution in [1.29, 1.82) is 0 Å². The van der Waals surface area contributed by atoms with Crippen LogP contribution in [0.15, 0.2) is 6.07 Å². The Morgan fingerprint density at radius 1 is 1.50 bits per heavy atom. The molecule has 6 nitrogen and oxygen atoms in total. The Hall–Kier alpha value is -2.03. The van der Waals surface area contributed by atoms with Crippen LogP contribution >= 0.6 is 0 Å². The molecule has 1 rings (SSSR count). The number of carboxylic acids is 1. The Morgan fingerprint density at radius 3 is 2.56 bits per heavy atom.